The Bertz CT molecular complexity index is 1260. The molecule has 0 saturated heterocycles. The lowest BCUT2D eigenvalue weighted by molar-refractivity contribution is -0.385. The van der Waals surface area contributed by atoms with Crippen molar-refractivity contribution in [3.8, 4) is 0 Å². The largest absolute Gasteiger partial charge is 0.337 e. The minimum absolute atomic E-state index is 0.125. The molecule has 2 aromatic heterocycles. The highest BCUT2D eigenvalue weighted by Crippen LogP contribution is 2.32. The second-order valence-corrected chi connectivity index (χ2v) is 7.91. The number of benzene rings is 2. The monoisotopic (exact) mass is 439 g/mol. The van der Waals surface area contributed by atoms with Crippen LogP contribution in [0.25, 0.3) is 10.2 Å². The normalized spacial score (nSPS) is 11.0. The van der Waals surface area contributed by atoms with E-state index in [1.54, 1.807) is 37.6 Å². The van der Waals surface area contributed by atoms with Crippen LogP contribution in [0.3, 0.4) is 0 Å². The Kier molecular flexibility index (Phi) is 5.72. The van der Waals surface area contributed by atoms with E-state index < -0.39 is 16.6 Å². The summed E-state index contributed by atoms with van der Waals surface area (Å²) < 4.78 is 16.7. The van der Waals surface area contributed by atoms with Gasteiger partial charge in [0.25, 0.3) is 11.6 Å². The molecule has 4 aromatic rings. The van der Waals surface area contributed by atoms with Gasteiger partial charge in [0.15, 0.2) is 5.13 Å². The Morgan fingerprint density at radius 2 is 2.10 bits per heavy atom. The molecule has 0 spiro atoms. The fraction of sp³-hybridized carbons (Fsp3) is 0.190. The van der Waals surface area contributed by atoms with Crippen molar-refractivity contribution in [3.63, 3.8) is 0 Å². The highest BCUT2D eigenvalue weighted by molar-refractivity contribution is 7.22. The number of nitro groups is 1. The zero-order valence-electron chi connectivity index (χ0n) is 16.6. The molecular formula is C21H18FN5O3S. The summed E-state index contributed by atoms with van der Waals surface area (Å²) in [5, 5.41) is 11.7. The first-order valence-corrected chi connectivity index (χ1v) is 10.3. The van der Waals surface area contributed by atoms with E-state index in [1.807, 2.05) is 10.8 Å². The van der Waals surface area contributed by atoms with Crippen LogP contribution < -0.4 is 4.90 Å². The lowest BCUT2D eigenvalue weighted by atomic mass is 10.1. The van der Waals surface area contributed by atoms with Gasteiger partial charge in [-0.05, 0) is 31.5 Å². The first-order chi connectivity index (χ1) is 15.0. The number of carbonyl (C=O) groups is 1. The maximum atomic E-state index is 14.2. The van der Waals surface area contributed by atoms with Crippen molar-refractivity contribution in [2.24, 2.45) is 0 Å². The van der Waals surface area contributed by atoms with Crippen molar-refractivity contribution in [3.05, 3.63) is 82.2 Å². The Morgan fingerprint density at radius 1 is 1.29 bits per heavy atom. The molecule has 8 nitrogen and oxygen atoms in total. The predicted molar refractivity (Wildman–Crippen MR) is 116 cm³/mol. The average molecular weight is 439 g/mol. The van der Waals surface area contributed by atoms with Crippen molar-refractivity contribution >= 4 is 38.3 Å². The van der Waals surface area contributed by atoms with Crippen molar-refractivity contribution in [2.75, 3.05) is 11.4 Å². The third-order valence-electron chi connectivity index (χ3n) is 4.92. The third-order valence-corrected chi connectivity index (χ3v) is 5.97. The molecule has 0 unspecified atom stereocenters. The van der Waals surface area contributed by atoms with Gasteiger partial charge in [-0.25, -0.2) is 14.4 Å². The summed E-state index contributed by atoms with van der Waals surface area (Å²) in [7, 11) is 0. The fourth-order valence-corrected chi connectivity index (χ4v) is 4.34. The predicted octanol–water partition coefficient (Wildman–Crippen LogP) is 4.59. The quantitative estimate of drug-likeness (QED) is 0.310. The van der Waals surface area contributed by atoms with Crippen LogP contribution in [-0.2, 0) is 6.54 Å². The smallest absolute Gasteiger partial charge is 0.273 e. The number of aryl methyl sites for hydroxylation is 1. The van der Waals surface area contributed by atoms with E-state index in [2.05, 4.69) is 9.97 Å². The SMILES string of the molecule is Cc1c(C(=O)N(CCCn2ccnc2)c2nc3c(F)cccc3s2)cccc1[N+](=O)[O-]. The molecule has 0 saturated carbocycles. The lowest BCUT2D eigenvalue weighted by Crippen LogP contribution is -2.33. The number of nitro benzene ring substituents is 1. The number of anilines is 1. The van der Waals surface area contributed by atoms with Crippen molar-refractivity contribution in [2.45, 2.75) is 19.9 Å². The summed E-state index contributed by atoms with van der Waals surface area (Å²) in [5.74, 6) is -0.872. The summed E-state index contributed by atoms with van der Waals surface area (Å²) in [6.07, 6.45) is 5.77. The Hall–Kier alpha value is -3.66. The van der Waals surface area contributed by atoms with Gasteiger partial charge < -0.3 is 4.57 Å². The molecule has 31 heavy (non-hydrogen) atoms. The van der Waals surface area contributed by atoms with E-state index in [9.17, 15) is 19.3 Å². The molecule has 0 aliphatic heterocycles. The maximum Gasteiger partial charge on any atom is 0.273 e. The Labute approximate surface area is 180 Å². The molecule has 10 heteroatoms. The molecule has 0 fully saturated rings. The van der Waals surface area contributed by atoms with Crippen molar-refractivity contribution in [1.29, 1.82) is 0 Å². The molecule has 4 rings (SSSR count). The number of para-hydroxylation sites is 1. The van der Waals surface area contributed by atoms with Crippen LogP contribution in [-0.4, -0.2) is 31.9 Å². The van der Waals surface area contributed by atoms with Crippen molar-refractivity contribution in [1.82, 2.24) is 14.5 Å². The van der Waals surface area contributed by atoms with Crippen LogP contribution in [0.4, 0.5) is 15.2 Å². The van der Waals surface area contributed by atoms with Gasteiger partial charge in [0.1, 0.15) is 11.3 Å². The Balaban J connectivity index is 1.70. The second kappa shape index (κ2) is 8.60. The average Bonchev–Trinajstić information content (AvgIpc) is 3.41. The number of carbonyl (C=O) groups excluding carboxylic acids is 1. The van der Waals surface area contributed by atoms with Gasteiger partial charge >= 0.3 is 0 Å². The number of rotatable bonds is 7. The highest BCUT2D eigenvalue weighted by atomic mass is 32.1. The summed E-state index contributed by atoms with van der Waals surface area (Å²) in [5.41, 5.74) is 0.575. The molecule has 2 heterocycles. The van der Waals surface area contributed by atoms with Gasteiger partial charge in [0.2, 0.25) is 0 Å². The molecule has 0 aliphatic carbocycles. The van der Waals surface area contributed by atoms with E-state index in [4.69, 9.17) is 0 Å². The van der Waals surface area contributed by atoms with Gasteiger partial charge in [-0.15, -0.1) is 0 Å². The summed E-state index contributed by atoms with van der Waals surface area (Å²) in [6.45, 7) is 2.48. The molecule has 1 amide bonds. The molecule has 0 aliphatic rings. The number of halogens is 1. The number of imidazole rings is 1. The van der Waals surface area contributed by atoms with Crippen LogP contribution in [0.15, 0.2) is 55.1 Å². The number of hydrogen-bond donors (Lipinski definition) is 0. The molecular weight excluding hydrogens is 421 g/mol. The first kappa shape index (κ1) is 20.6. The van der Waals surface area contributed by atoms with E-state index in [0.717, 1.165) is 0 Å². The topological polar surface area (TPSA) is 94.2 Å². The van der Waals surface area contributed by atoms with E-state index >= 15 is 0 Å². The number of nitrogens with zero attached hydrogens (tertiary/aromatic N) is 5. The van der Waals surface area contributed by atoms with Crippen molar-refractivity contribution < 1.29 is 14.1 Å². The first-order valence-electron chi connectivity index (χ1n) is 9.52. The van der Waals surface area contributed by atoms with Crippen LogP contribution in [0.2, 0.25) is 0 Å². The number of hydrogen-bond acceptors (Lipinski definition) is 6. The maximum absolute atomic E-state index is 14.2. The summed E-state index contributed by atoms with van der Waals surface area (Å²) in [4.78, 5) is 34.1. The zero-order chi connectivity index (χ0) is 22.0. The van der Waals surface area contributed by atoms with Gasteiger partial charge in [-0.3, -0.25) is 19.8 Å². The number of aromatic nitrogens is 3. The van der Waals surface area contributed by atoms with Gasteiger partial charge in [-0.2, -0.15) is 0 Å². The van der Waals surface area contributed by atoms with E-state index in [0.29, 0.717) is 29.3 Å². The van der Waals surface area contributed by atoms with Crippen LogP contribution in [0.1, 0.15) is 22.3 Å². The Morgan fingerprint density at radius 3 is 2.81 bits per heavy atom. The fourth-order valence-electron chi connectivity index (χ4n) is 3.33. The van der Waals surface area contributed by atoms with E-state index in [-0.39, 0.29) is 22.3 Å². The summed E-state index contributed by atoms with van der Waals surface area (Å²) >= 11 is 1.21. The van der Waals surface area contributed by atoms with Gasteiger partial charge in [0, 0.05) is 42.7 Å². The van der Waals surface area contributed by atoms with Crippen LogP contribution >= 0.6 is 11.3 Å². The van der Waals surface area contributed by atoms with Crippen LogP contribution in [0, 0.1) is 22.9 Å². The standard InChI is InChI=1S/C21H18FN5O3S/c1-14-15(5-2-7-17(14)27(29)30)20(28)26(11-4-10-25-12-9-23-13-25)21-24-19-16(22)6-3-8-18(19)31-21/h2-3,5-9,12-13H,4,10-11H2,1H3. The van der Waals surface area contributed by atoms with Gasteiger partial charge in [0.05, 0.1) is 16.0 Å². The molecule has 158 valence electrons. The summed E-state index contributed by atoms with van der Waals surface area (Å²) in [6, 6.07) is 9.06. The minimum Gasteiger partial charge on any atom is -0.337 e. The highest BCUT2D eigenvalue weighted by Gasteiger charge is 2.26. The van der Waals surface area contributed by atoms with E-state index in [1.165, 1.54) is 34.4 Å². The number of fused-ring (bicyclic) bond motifs is 1. The zero-order valence-corrected chi connectivity index (χ0v) is 17.4. The molecule has 0 radical (unpaired) electrons. The molecule has 0 N–H and O–H groups in total. The van der Waals surface area contributed by atoms with Crippen LogP contribution in [0.5, 0.6) is 0 Å². The third kappa shape index (κ3) is 4.15. The number of thiazole rings is 1. The molecule has 0 bridgehead atoms. The number of amides is 1. The lowest BCUT2D eigenvalue weighted by Gasteiger charge is -2.21. The molecule has 0 atom stereocenters. The van der Waals surface area contributed by atoms with Gasteiger partial charge in [-0.1, -0.05) is 23.5 Å². The minimum atomic E-state index is -0.511. The second-order valence-electron chi connectivity index (χ2n) is 6.90. The molecule has 2 aromatic carbocycles.